The summed E-state index contributed by atoms with van der Waals surface area (Å²) < 4.78 is 26.3. The van der Waals surface area contributed by atoms with Crippen LogP contribution < -0.4 is 0 Å². The van der Waals surface area contributed by atoms with Crippen LogP contribution in [0.4, 0.5) is 0 Å². The van der Waals surface area contributed by atoms with E-state index in [1.54, 1.807) is 12.1 Å². The Hall–Kier alpha value is -0.580. The lowest BCUT2D eigenvalue weighted by Gasteiger charge is -2.11. The molecule has 5 heteroatoms. The number of rotatable bonds is 4. The summed E-state index contributed by atoms with van der Waals surface area (Å²) in [5, 5.41) is 0.638. The molecule has 0 bridgehead atoms. The Bertz CT molecular complexity index is 428. The molecule has 1 aromatic rings. The van der Waals surface area contributed by atoms with Crippen molar-refractivity contribution in [3.05, 3.63) is 34.9 Å². The highest BCUT2D eigenvalue weighted by molar-refractivity contribution is 7.85. The highest BCUT2D eigenvalue weighted by Crippen LogP contribution is 2.19. The predicted octanol–water partition coefficient (Wildman–Crippen LogP) is 2.42. The van der Waals surface area contributed by atoms with Crippen LogP contribution in [0, 0.1) is 0 Å². The first-order valence-electron chi connectivity index (χ1n) is 4.48. The van der Waals surface area contributed by atoms with Gasteiger partial charge < -0.3 is 0 Å². The minimum absolute atomic E-state index is 0.00146. The van der Waals surface area contributed by atoms with Crippen LogP contribution in [0.2, 0.25) is 5.02 Å². The maximum atomic E-state index is 10.8. The maximum Gasteiger partial charge on any atom is 0.264 e. The van der Waals surface area contributed by atoms with Crippen molar-refractivity contribution in [3.8, 4) is 0 Å². The van der Waals surface area contributed by atoms with Crippen LogP contribution in [0.3, 0.4) is 0 Å². The quantitative estimate of drug-likeness (QED) is 0.769. The van der Waals surface area contributed by atoms with Crippen LogP contribution in [0.25, 0.3) is 0 Å². The maximum absolute atomic E-state index is 10.8. The largest absolute Gasteiger partial charge is 0.270 e. The van der Waals surface area contributed by atoms with Gasteiger partial charge in [-0.15, -0.1) is 0 Å². The molecule has 0 radical (unpaired) electrons. The molecule has 1 atom stereocenters. The Kier molecular flexibility index (Phi) is 4.13. The molecule has 0 aliphatic heterocycles. The number of hydrogen-bond donors (Lipinski definition) is 0. The van der Waals surface area contributed by atoms with Crippen molar-refractivity contribution in [2.45, 2.75) is 12.8 Å². The zero-order valence-electron chi connectivity index (χ0n) is 8.60. The number of halogens is 1. The fraction of sp³-hybridized carbons (Fsp3) is 0.400. The zero-order valence-corrected chi connectivity index (χ0v) is 10.2. The molecule has 84 valence electrons. The van der Waals surface area contributed by atoms with Gasteiger partial charge in [-0.3, -0.25) is 4.18 Å². The van der Waals surface area contributed by atoms with E-state index in [1.165, 1.54) is 0 Å². The third kappa shape index (κ3) is 4.64. The molecule has 0 aromatic heterocycles. The molecule has 15 heavy (non-hydrogen) atoms. The van der Waals surface area contributed by atoms with Gasteiger partial charge in [0.1, 0.15) is 0 Å². The molecule has 0 aliphatic carbocycles. The fourth-order valence-electron chi connectivity index (χ4n) is 1.14. The second-order valence-corrected chi connectivity index (χ2v) is 5.53. The molecule has 0 unspecified atom stereocenters. The Balaban J connectivity index is 2.65. The first-order chi connectivity index (χ1) is 6.88. The summed E-state index contributed by atoms with van der Waals surface area (Å²) in [7, 11) is -3.37. The molecule has 1 rings (SSSR count). The van der Waals surface area contributed by atoms with Crippen LogP contribution in [0.5, 0.6) is 0 Å². The van der Waals surface area contributed by atoms with Crippen LogP contribution in [-0.2, 0) is 14.3 Å². The smallest absolute Gasteiger partial charge is 0.264 e. The van der Waals surface area contributed by atoms with E-state index in [0.717, 1.165) is 11.8 Å². The van der Waals surface area contributed by atoms with Crippen LogP contribution in [0.15, 0.2) is 24.3 Å². The van der Waals surface area contributed by atoms with Gasteiger partial charge in [-0.25, -0.2) is 0 Å². The SMILES string of the molecule is C[C@H](COS(C)(=O)=O)c1cccc(Cl)c1. The third-order valence-electron chi connectivity index (χ3n) is 1.95. The topological polar surface area (TPSA) is 43.4 Å². The molecule has 0 spiro atoms. The van der Waals surface area contributed by atoms with Crippen molar-refractivity contribution in [2.24, 2.45) is 0 Å². The summed E-state index contributed by atoms with van der Waals surface area (Å²) in [4.78, 5) is 0. The van der Waals surface area contributed by atoms with E-state index in [0.29, 0.717) is 5.02 Å². The van der Waals surface area contributed by atoms with Crippen molar-refractivity contribution in [3.63, 3.8) is 0 Å². The number of benzene rings is 1. The van der Waals surface area contributed by atoms with Gasteiger partial charge in [0, 0.05) is 10.9 Å². The molecule has 0 saturated heterocycles. The van der Waals surface area contributed by atoms with Gasteiger partial charge in [0.15, 0.2) is 0 Å². The van der Waals surface area contributed by atoms with Gasteiger partial charge in [-0.1, -0.05) is 30.7 Å². The Morgan fingerprint density at radius 3 is 2.67 bits per heavy atom. The lowest BCUT2D eigenvalue weighted by molar-refractivity contribution is 0.301. The first-order valence-corrected chi connectivity index (χ1v) is 6.68. The standard InChI is InChI=1S/C10H13ClO3S/c1-8(7-14-15(2,12)13)9-4-3-5-10(11)6-9/h3-6,8H,7H2,1-2H3/t8-/m1/s1. The summed E-state index contributed by atoms with van der Waals surface area (Å²) in [6, 6.07) is 7.30. The number of hydrogen-bond acceptors (Lipinski definition) is 3. The molecule has 0 saturated carbocycles. The van der Waals surface area contributed by atoms with E-state index in [-0.39, 0.29) is 12.5 Å². The molecular weight excluding hydrogens is 236 g/mol. The first kappa shape index (κ1) is 12.5. The van der Waals surface area contributed by atoms with Crippen molar-refractivity contribution >= 4 is 21.7 Å². The van der Waals surface area contributed by atoms with Gasteiger partial charge in [-0.05, 0) is 17.7 Å². The van der Waals surface area contributed by atoms with Gasteiger partial charge in [0.25, 0.3) is 10.1 Å². The molecule has 1 aromatic carbocycles. The van der Waals surface area contributed by atoms with E-state index in [9.17, 15) is 8.42 Å². The molecule has 0 fully saturated rings. The van der Waals surface area contributed by atoms with E-state index in [4.69, 9.17) is 15.8 Å². The summed E-state index contributed by atoms with van der Waals surface area (Å²) in [6.07, 6.45) is 1.04. The fourth-order valence-corrected chi connectivity index (χ4v) is 1.79. The Morgan fingerprint density at radius 2 is 2.13 bits per heavy atom. The molecule has 3 nitrogen and oxygen atoms in total. The van der Waals surface area contributed by atoms with E-state index in [1.807, 2.05) is 19.1 Å². The highest BCUT2D eigenvalue weighted by Gasteiger charge is 2.09. The minimum atomic E-state index is -3.37. The van der Waals surface area contributed by atoms with E-state index in [2.05, 4.69) is 0 Å². The second-order valence-electron chi connectivity index (χ2n) is 3.44. The normalized spacial score (nSPS) is 13.8. The molecule has 0 heterocycles. The lowest BCUT2D eigenvalue weighted by Crippen LogP contribution is -2.09. The molecule has 0 aliphatic rings. The Labute approximate surface area is 95.1 Å². The van der Waals surface area contributed by atoms with Crippen molar-refractivity contribution in [1.82, 2.24) is 0 Å². The third-order valence-corrected chi connectivity index (χ3v) is 2.75. The van der Waals surface area contributed by atoms with Crippen molar-refractivity contribution in [1.29, 1.82) is 0 Å². The van der Waals surface area contributed by atoms with Crippen molar-refractivity contribution < 1.29 is 12.6 Å². The molecule has 0 amide bonds. The van der Waals surface area contributed by atoms with Gasteiger partial charge in [-0.2, -0.15) is 8.42 Å². The summed E-state index contributed by atoms with van der Waals surface area (Å²) >= 11 is 5.82. The molecule has 0 N–H and O–H groups in total. The minimum Gasteiger partial charge on any atom is -0.270 e. The second kappa shape index (κ2) is 4.96. The van der Waals surface area contributed by atoms with Gasteiger partial charge >= 0.3 is 0 Å². The monoisotopic (exact) mass is 248 g/mol. The van der Waals surface area contributed by atoms with Gasteiger partial charge in [0.2, 0.25) is 0 Å². The summed E-state index contributed by atoms with van der Waals surface area (Å²) in [5.74, 6) is -0.00146. The summed E-state index contributed by atoms with van der Waals surface area (Å²) in [5.41, 5.74) is 0.964. The highest BCUT2D eigenvalue weighted by atomic mass is 35.5. The summed E-state index contributed by atoms with van der Waals surface area (Å²) in [6.45, 7) is 2.02. The Morgan fingerprint density at radius 1 is 1.47 bits per heavy atom. The van der Waals surface area contributed by atoms with Crippen LogP contribution >= 0.6 is 11.6 Å². The molecular formula is C10H13ClO3S. The van der Waals surface area contributed by atoms with E-state index >= 15 is 0 Å². The zero-order chi connectivity index (χ0) is 11.5. The predicted molar refractivity (Wildman–Crippen MR) is 60.7 cm³/mol. The average molecular weight is 249 g/mol. The van der Waals surface area contributed by atoms with Crippen molar-refractivity contribution in [2.75, 3.05) is 12.9 Å². The van der Waals surface area contributed by atoms with Crippen LogP contribution in [0.1, 0.15) is 18.4 Å². The van der Waals surface area contributed by atoms with Gasteiger partial charge in [0.05, 0.1) is 12.9 Å². The van der Waals surface area contributed by atoms with Crippen LogP contribution in [-0.4, -0.2) is 21.3 Å². The van der Waals surface area contributed by atoms with E-state index < -0.39 is 10.1 Å². The lowest BCUT2D eigenvalue weighted by atomic mass is 10.0. The average Bonchev–Trinajstić information content (AvgIpc) is 2.13.